The van der Waals surface area contributed by atoms with E-state index in [1.165, 1.54) is 0 Å². The molecule has 0 atom stereocenters. The number of pyridine rings is 1. The van der Waals surface area contributed by atoms with Gasteiger partial charge in [-0.3, -0.25) is 4.79 Å². The molecule has 0 bridgehead atoms. The van der Waals surface area contributed by atoms with Gasteiger partial charge in [0.15, 0.2) is 0 Å². The number of aromatic nitrogens is 1. The molecule has 0 unspecified atom stereocenters. The largest absolute Gasteiger partial charge is 0.360 e. The van der Waals surface area contributed by atoms with Crippen molar-refractivity contribution < 1.29 is 0 Å². The third kappa shape index (κ3) is 1.37. The average Bonchev–Trinajstić information content (AvgIpc) is 2.16. The highest BCUT2D eigenvalue weighted by Gasteiger charge is 2.08. The first-order valence-electron chi connectivity index (χ1n) is 4.07. The van der Waals surface area contributed by atoms with E-state index < -0.39 is 0 Å². The predicted molar refractivity (Wildman–Crippen MR) is 62.0 cm³/mol. The van der Waals surface area contributed by atoms with Crippen molar-refractivity contribution in [1.82, 2.24) is 4.98 Å². The molecule has 1 aromatic heterocycles. The van der Waals surface area contributed by atoms with Gasteiger partial charge in [0.1, 0.15) is 0 Å². The molecule has 1 aromatic carbocycles. The van der Waals surface area contributed by atoms with Crippen molar-refractivity contribution in [2.75, 3.05) is 0 Å². The fourth-order valence-electron chi connectivity index (χ4n) is 1.41. The van der Waals surface area contributed by atoms with Crippen LogP contribution in [0.5, 0.6) is 0 Å². The lowest BCUT2D eigenvalue weighted by molar-refractivity contribution is 1.33. The van der Waals surface area contributed by atoms with Gasteiger partial charge in [0.05, 0.1) is 20.4 Å². The van der Waals surface area contributed by atoms with E-state index in [4.69, 9.17) is 11.6 Å². The van der Waals surface area contributed by atoms with Crippen molar-refractivity contribution in [2.45, 2.75) is 6.92 Å². The minimum atomic E-state index is -0.0764. The maximum atomic E-state index is 11.7. The lowest BCUT2D eigenvalue weighted by Gasteiger charge is -2.03. The summed E-state index contributed by atoms with van der Waals surface area (Å²) in [6.45, 7) is 1.93. The van der Waals surface area contributed by atoms with Gasteiger partial charge in [-0.15, -0.1) is 0 Å². The summed E-state index contributed by atoms with van der Waals surface area (Å²) < 4.78 is 0.498. The van der Waals surface area contributed by atoms with Crippen LogP contribution in [0.1, 0.15) is 5.56 Å². The fourth-order valence-corrected chi connectivity index (χ4v) is 1.97. The molecule has 2 rings (SSSR count). The standard InChI is InChI=1S/C10H7BrClNO/c1-5-2-3-7(12)8-9(5)13-4-6(11)10(8)14/h2-4H,1H3,(H,13,14). The third-order valence-electron chi connectivity index (χ3n) is 2.15. The second-order valence-corrected chi connectivity index (χ2v) is 4.34. The van der Waals surface area contributed by atoms with E-state index >= 15 is 0 Å². The number of H-pyrrole nitrogens is 1. The van der Waals surface area contributed by atoms with Crippen LogP contribution in [-0.2, 0) is 0 Å². The van der Waals surface area contributed by atoms with Crippen molar-refractivity contribution in [3.8, 4) is 0 Å². The zero-order valence-electron chi connectivity index (χ0n) is 7.40. The summed E-state index contributed by atoms with van der Waals surface area (Å²) in [5.41, 5.74) is 1.73. The summed E-state index contributed by atoms with van der Waals surface area (Å²) in [5.74, 6) is 0. The predicted octanol–water partition coefficient (Wildman–Crippen LogP) is 3.25. The van der Waals surface area contributed by atoms with Gasteiger partial charge < -0.3 is 4.98 Å². The Kier molecular flexibility index (Phi) is 2.37. The van der Waals surface area contributed by atoms with Gasteiger partial charge in [0.25, 0.3) is 0 Å². The number of aromatic amines is 1. The maximum absolute atomic E-state index is 11.7. The van der Waals surface area contributed by atoms with Crippen LogP contribution in [0.2, 0.25) is 5.02 Å². The summed E-state index contributed by atoms with van der Waals surface area (Å²) in [6, 6.07) is 3.62. The van der Waals surface area contributed by atoms with Gasteiger partial charge in [-0.05, 0) is 34.5 Å². The van der Waals surface area contributed by atoms with Gasteiger partial charge in [0.2, 0.25) is 5.43 Å². The Hall–Kier alpha value is -0.800. The zero-order chi connectivity index (χ0) is 10.3. The van der Waals surface area contributed by atoms with Crippen LogP contribution in [0, 0.1) is 6.92 Å². The van der Waals surface area contributed by atoms with Crippen LogP contribution in [0.4, 0.5) is 0 Å². The molecule has 2 nitrogen and oxygen atoms in total. The molecule has 0 radical (unpaired) electrons. The average molecular weight is 273 g/mol. The van der Waals surface area contributed by atoms with Gasteiger partial charge >= 0.3 is 0 Å². The summed E-state index contributed by atoms with van der Waals surface area (Å²) in [6.07, 6.45) is 1.63. The minimum absolute atomic E-state index is 0.0764. The Morgan fingerprint density at radius 1 is 1.43 bits per heavy atom. The van der Waals surface area contributed by atoms with E-state index in [9.17, 15) is 4.79 Å². The first kappa shape index (κ1) is 9.74. The van der Waals surface area contributed by atoms with Crippen LogP contribution in [0.3, 0.4) is 0 Å². The van der Waals surface area contributed by atoms with Crippen LogP contribution in [0.25, 0.3) is 10.9 Å². The molecule has 0 fully saturated rings. The molecule has 4 heteroatoms. The number of hydrogen-bond donors (Lipinski definition) is 1. The van der Waals surface area contributed by atoms with Crippen molar-refractivity contribution in [3.05, 3.63) is 43.6 Å². The molecule has 2 aromatic rings. The van der Waals surface area contributed by atoms with Gasteiger partial charge in [-0.1, -0.05) is 17.7 Å². The minimum Gasteiger partial charge on any atom is -0.360 e. The molecular weight excluding hydrogens is 265 g/mol. The van der Waals surface area contributed by atoms with Crippen LogP contribution in [-0.4, -0.2) is 4.98 Å². The monoisotopic (exact) mass is 271 g/mol. The second-order valence-electron chi connectivity index (χ2n) is 3.08. The molecular formula is C10H7BrClNO. The van der Waals surface area contributed by atoms with E-state index in [0.29, 0.717) is 14.9 Å². The number of halogens is 2. The molecule has 1 heterocycles. The molecule has 0 saturated heterocycles. The Morgan fingerprint density at radius 3 is 2.86 bits per heavy atom. The lowest BCUT2D eigenvalue weighted by atomic mass is 10.1. The van der Waals surface area contributed by atoms with Gasteiger partial charge in [0, 0.05) is 6.20 Å². The maximum Gasteiger partial charge on any atom is 0.205 e. The SMILES string of the molecule is Cc1ccc(Cl)c2c(=O)c(Br)c[nH]c12. The quantitative estimate of drug-likeness (QED) is 0.784. The Bertz CT molecular complexity index is 562. The summed E-state index contributed by atoms with van der Waals surface area (Å²) in [4.78, 5) is 14.8. The molecule has 0 aliphatic rings. The molecule has 0 aliphatic carbocycles. The van der Waals surface area contributed by atoms with E-state index in [1.54, 1.807) is 12.3 Å². The van der Waals surface area contributed by atoms with Crippen LogP contribution in [0.15, 0.2) is 27.6 Å². The van der Waals surface area contributed by atoms with Gasteiger partial charge in [-0.25, -0.2) is 0 Å². The zero-order valence-corrected chi connectivity index (χ0v) is 9.74. The van der Waals surface area contributed by atoms with Gasteiger partial charge in [-0.2, -0.15) is 0 Å². The molecule has 0 spiro atoms. The molecule has 72 valence electrons. The molecule has 0 saturated carbocycles. The molecule has 14 heavy (non-hydrogen) atoms. The van der Waals surface area contributed by atoms with E-state index in [0.717, 1.165) is 11.1 Å². The summed E-state index contributed by atoms with van der Waals surface area (Å²) in [7, 11) is 0. The Morgan fingerprint density at radius 2 is 2.14 bits per heavy atom. The number of hydrogen-bond acceptors (Lipinski definition) is 1. The van der Waals surface area contributed by atoms with Crippen molar-refractivity contribution in [1.29, 1.82) is 0 Å². The van der Waals surface area contributed by atoms with Crippen LogP contribution < -0.4 is 5.43 Å². The smallest absolute Gasteiger partial charge is 0.205 e. The number of aryl methyl sites for hydroxylation is 1. The number of benzene rings is 1. The van der Waals surface area contributed by atoms with Crippen molar-refractivity contribution in [3.63, 3.8) is 0 Å². The van der Waals surface area contributed by atoms with E-state index in [2.05, 4.69) is 20.9 Å². The fraction of sp³-hybridized carbons (Fsp3) is 0.100. The summed E-state index contributed by atoms with van der Waals surface area (Å²) in [5, 5.41) is 1.02. The first-order valence-corrected chi connectivity index (χ1v) is 5.24. The molecule has 0 amide bonds. The highest BCUT2D eigenvalue weighted by Crippen LogP contribution is 2.22. The molecule has 1 N–H and O–H groups in total. The number of nitrogens with one attached hydrogen (secondary N) is 1. The normalized spacial score (nSPS) is 10.8. The highest BCUT2D eigenvalue weighted by atomic mass is 79.9. The van der Waals surface area contributed by atoms with Crippen molar-refractivity contribution in [2.24, 2.45) is 0 Å². The lowest BCUT2D eigenvalue weighted by Crippen LogP contribution is -2.04. The highest BCUT2D eigenvalue weighted by molar-refractivity contribution is 9.10. The Labute approximate surface area is 94.0 Å². The topological polar surface area (TPSA) is 32.9 Å². The van der Waals surface area contributed by atoms with E-state index in [1.807, 2.05) is 13.0 Å². The van der Waals surface area contributed by atoms with E-state index in [-0.39, 0.29) is 5.43 Å². The number of rotatable bonds is 0. The second kappa shape index (κ2) is 3.41. The molecule has 0 aliphatic heterocycles. The van der Waals surface area contributed by atoms with Crippen molar-refractivity contribution >= 4 is 38.4 Å². The first-order chi connectivity index (χ1) is 6.61. The van der Waals surface area contributed by atoms with Crippen LogP contribution >= 0.6 is 27.5 Å². The number of fused-ring (bicyclic) bond motifs is 1. The Balaban J connectivity index is 3.09. The summed E-state index contributed by atoms with van der Waals surface area (Å²) >= 11 is 9.14. The third-order valence-corrected chi connectivity index (χ3v) is 3.05.